The maximum Gasteiger partial charge on any atom is 0.151 e. The van der Waals surface area contributed by atoms with Gasteiger partial charge in [-0.25, -0.2) is 0 Å². The van der Waals surface area contributed by atoms with Crippen molar-refractivity contribution in [3.05, 3.63) is 127 Å². The van der Waals surface area contributed by atoms with Gasteiger partial charge in [0.05, 0.1) is 5.69 Å². The van der Waals surface area contributed by atoms with Gasteiger partial charge < -0.3 is 9.64 Å². The van der Waals surface area contributed by atoms with Crippen molar-refractivity contribution in [2.45, 2.75) is 13.1 Å². The molecule has 6 rings (SSSR count). The first-order chi connectivity index (χ1) is 17.1. The van der Waals surface area contributed by atoms with E-state index in [-0.39, 0.29) is 0 Å². The average Bonchev–Trinajstić information content (AvgIpc) is 2.91. The molecule has 0 radical (unpaired) electrons. The lowest BCUT2D eigenvalue weighted by Crippen LogP contribution is -2.56. The van der Waals surface area contributed by atoms with E-state index in [1.165, 1.54) is 21.5 Å². The van der Waals surface area contributed by atoms with Crippen LogP contribution in [-0.2, 0) is 0 Å². The van der Waals surface area contributed by atoms with Crippen LogP contribution in [0.2, 0.25) is 13.1 Å². The summed E-state index contributed by atoms with van der Waals surface area (Å²) in [7, 11) is -1.92. The summed E-state index contributed by atoms with van der Waals surface area (Å²) in [5, 5.41) is 2.68. The Labute approximate surface area is 208 Å². The Morgan fingerprint density at radius 1 is 0.514 bits per heavy atom. The van der Waals surface area contributed by atoms with Crippen LogP contribution < -0.4 is 20.0 Å². The van der Waals surface area contributed by atoms with E-state index in [9.17, 15) is 0 Å². The number of ether oxygens (including phenoxy) is 1. The molecule has 0 saturated carbocycles. The van der Waals surface area contributed by atoms with Crippen molar-refractivity contribution in [2.75, 3.05) is 4.90 Å². The molecule has 3 heteroatoms. The van der Waals surface area contributed by atoms with Gasteiger partial charge in [-0.3, -0.25) is 0 Å². The number of para-hydroxylation sites is 3. The summed E-state index contributed by atoms with van der Waals surface area (Å²) >= 11 is 0. The number of fused-ring (bicyclic) bond motifs is 2. The molecule has 35 heavy (non-hydrogen) atoms. The van der Waals surface area contributed by atoms with Crippen molar-refractivity contribution in [1.29, 1.82) is 0 Å². The Hall–Kier alpha value is -4.08. The fourth-order valence-electron chi connectivity index (χ4n) is 5.07. The van der Waals surface area contributed by atoms with E-state index >= 15 is 0 Å². The maximum absolute atomic E-state index is 6.65. The molecule has 170 valence electrons. The lowest BCUT2D eigenvalue weighted by atomic mass is 10.0. The molecule has 0 amide bonds. The molecule has 0 aromatic heterocycles. The lowest BCUT2D eigenvalue weighted by molar-refractivity contribution is 0.488. The van der Waals surface area contributed by atoms with Crippen LogP contribution in [0.15, 0.2) is 127 Å². The van der Waals surface area contributed by atoms with Crippen molar-refractivity contribution in [1.82, 2.24) is 0 Å². The second kappa shape index (κ2) is 8.61. The molecule has 1 aliphatic rings. The molecule has 0 aliphatic carbocycles. The molecule has 1 heterocycles. The molecule has 2 nitrogen and oxygen atoms in total. The Bertz CT molecular complexity index is 1480. The number of anilines is 3. The number of nitrogens with zero attached hydrogens (tertiary/aromatic N) is 1. The predicted molar refractivity (Wildman–Crippen MR) is 150 cm³/mol. The Kier molecular flexibility index (Phi) is 5.27. The Morgan fingerprint density at radius 2 is 1.09 bits per heavy atom. The van der Waals surface area contributed by atoms with Crippen LogP contribution >= 0.6 is 0 Å². The highest BCUT2D eigenvalue weighted by Crippen LogP contribution is 2.43. The topological polar surface area (TPSA) is 12.5 Å². The van der Waals surface area contributed by atoms with Gasteiger partial charge in [-0.05, 0) is 57.9 Å². The van der Waals surface area contributed by atoms with Crippen molar-refractivity contribution >= 4 is 35.5 Å². The van der Waals surface area contributed by atoms with E-state index in [0.29, 0.717) is 0 Å². The molecule has 0 saturated heterocycles. The zero-order valence-electron chi connectivity index (χ0n) is 20.0. The van der Waals surface area contributed by atoms with Gasteiger partial charge >= 0.3 is 0 Å². The number of rotatable bonds is 4. The van der Waals surface area contributed by atoms with Gasteiger partial charge in [-0.2, -0.15) is 0 Å². The zero-order chi connectivity index (χ0) is 23.8. The zero-order valence-corrected chi connectivity index (χ0v) is 21.0. The summed E-state index contributed by atoms with van der Waals surface area (Å²) in [6.45, 7) is 4.83. The maximum atomic E-state index is 6.65. The lowest BCUT2D eigenvalue weighted by Gasteiger charge is -2.36. The fourth-order valence-corrected chi connectivity index (χ4v) is 7.88. The first-order valence-corrected chi connectivity index (χ1v) is 15.0. The number of hydrogen-bond acceptors (Lipinski definition) is 2. The third kappa shape index (κ3) is 3.74. The smallest absolute Gasteiger partial charge is 0.151 e. The summed E-state index contributed by atoms with van der Waals surface area (Å²) in [4.78, 5) is 2.31. The van der Waals surface area contributed by atoms with Crippen LogP contribution in [0.1, 0.15) is 0 Å². The third-order valence-corrected chi connectivity index (χ3v) is 10.4. The predicted octanol–water partition coefficient (Wildman–Crippen LogP) is 7.75. The second-order valence-corrected chi connectivity index (χ2v) is 13.8. The minimum absolute atomic E-state index is 0.971. The Morgan fingerprint density at radius 3 is 1.83 bits per heavy atom. The van der Waals surface area contributed by atoms with Crippen LogP contribution in [0, 0.1) is 0 Å². The van der Waals surface area contributed by atoms with Gasteiger partial charge in [0.15, 0.2) is 5.75 Å². The quantitative estimate of drug-likeness (QED) is 0.249. The van der Waals surface area contributed by atoms with Gasteiger partial charge in [-0.1, -0.05) is 104 Å². The van der Waals surface area contributed by atoms with Gasteiger partial charge in [0, 0.05) is 11.4 Å². The van der Waals surface area contributed by atoms with E-state index < -0.39 is 8.07 Å². The van der Waals surface area contributed by atoms with Crippen LogP contribution in [0.3, 0.4) is 0 Å². The first-order valence-electron chi connectivity index (χ1n) is 12.0. The molecule has 0 spiro atoms. The summed E-state index contributed by atoms with van der Waals surface area (Å²) < 4.78 is 6.65. The van der Waals surface area contributed by atoms with Gasteiger partial charge in [0.1, 0.15) is 13.8 Å². The molecule has 0 fully saturated rings. The minimum atomic E-state index is -1.92. The van der Waals surface area contributed by atoms with E-state index in [4.69, 9.17) is 4.74 Å². The summed E-state index contributed by atoms with van der Waals surface area (Å²) in [5.74, 6) is 1.95. The molecule has 5 aromatic carbocycles. The Balaban J connectivity index is 1.51. The van der Waals surface area contributed by atoms with Crippen molar-refractivity contribution in [2.24, 2.45) is 0 Å². The molecule has 0 N–H and O–H groups in total. The average molecular weight is 470 g/mol. The van der Waals surface area contributed by atoms with E-state index in [1.807, 2.05) is 0 Å². The highest BCUT2D eigenvalue weighted by atomic mass is 28.3. The molecule has 0 bridgehead atoms. The van der Waals surface area contributed by atoms with Crippen LogP contribution in [0.25, 0.3) is 11.1 Å². The third-order valence-electron chi connectivity index (χ3n) is 6.93. The largest absolute Gasteiger partial charge is 0.455 e. The number of hydrogen-bond donors (Lipinski definition) is 0. The molecular formula is C32H27NOSi. The van der Waals surface area contributed by atoms with Gasteiger partial charge in [-0.15, -0.1) is 0 Å². The van der Waals surface area contributed by atoms with Crippen LogP contribution in [0.5, 0.6) is 11.5 Å². The summed E-state index contributed by atoms with van der Waals surface area (Å²) in [6, 6.07) is 45.0. The van der Waals surface area contributed by atoms with E-state index in [0.717, 1.165) is 28.6 Å². The minimum Gasteiger partial charge on any atom is -0.455 e. The monoisotopic (exact) mass is 469 g/mol. The van der Waals surface area contributed by atoms with Crippen molar-refractivity contribution < 1.29 is 4.74 Å². The second-order valence-electron chi connectivity index (χ2n) is 9.46. The fraction of sp³-hybridized carbons (Fsp3) is 0.0625. The normalized spacial score (nSPS) is 13.3. The van der Waals surface area contributed by atoms with Gasteiger partial charge in [0.25, 0.3) is 0 Å². The molecule has 5 aromatic rings. The molecule has 1 aliphatic heterocycles. The summed E-state index contributed by atoms with van der Waals surface area (Å²) in [6.07, 6.45) is 0. The highest BCUT2D eigenvalue weighted by molar-refractivity contribution is 7.01. The molecular weight excluding hydrogens is 442 g/mol. The first kappa shape index (κ1) is 21.5. The molecule has 0 unspecified atom stereocenters. The standard InChI is InChI=1S/C32H27NOSi/c1-35(2)30-18-10-9-17-29(30)34-32-28(16-11-19-31(32)35)33(26-14-7-4-8-15-26)27-22-20-25(21-23-27)24-12-5-3-6-13-24/h3-23H,1-2H3. The number of benzene rings is 5. The SMILES string of the molecule is C[Si]1(C)c2ccccc2Oc2c(N(c3ccccc3)c3ccc(-c4ccccc4)cc3)cccc21. The van der Waals surface area contributed by atoms with Crippen LogP contribution in [0.4, 0.5) is 17.1 Å². The summed E-state index contributed by atoms with van der Waals surface area (Å²) in [5.41, 5.74) is 5.70. The van der Waals surface area contributed by atoms with Crippen LogP contribution in [-0.4, -0.2) is 8.07 Å². The van der Waals surface area contributed by atoms with E-state index in [2.05, 4.69) is 145 Å². The highest BCUT2D eigenvalue weighted by Gasteiger charge is 2.38. The van der Waals surface area contributed by atoms with Crippen molar-refractivity contribution in [3.8, 4) is 22.6 Å². The van der Waals surface area contributed by atoms with Gasteiger partial charge in [0.2, 0.25) is 0 Å². The molecule has 0 atom stereocenters. The van der Waals surface area contributed by atoms with E-state index in [1.54, 1.807) is 0 Å². The van der Waals surface area contributed by atoms with Crippen molar-refractivity contribution in [3.63, 3.8) is 0 Å².